The fourth-order valence-electron chi connectivity index (χ4n) is 2.46. The number of nitrogens with one attached hydrogen (secondary N) is 1. The fraction of sp³-hybridized carbons (Fsp3) is 0.118. The molecule has 0 aliphatic carbocycles. The minimum absolute atomic E-state index is 0.0263. The van der Waals surface area contributed by atoms with E-state index in [-0.39, 0.29) is 5.78 Å². The Morgan fingerprint density at radius 3 is 2.55 bits per heavy atom. The summed E-state index contributed by atoms with van der Waals surface area (Å²) in [7, 11) is 1.94. The lowest BCUT2D eigenvalue weighted by Crippen LogP contribution is -1.95. The van der Waals surface area contributed by atoms with Crippen molar-refractivity contribution in [3.8, 4) is 11.4 Å². The standard InChI is InChI=1S/C17H15N3O2/c1-11(22)13-5-8-16-15(9-13)19-17(20(16)2)12-3-6-14(7-4-12)18-10-21/h3-10H,1-2H3,(H,18,21). The first-order valence-electron chi connectivity index (χ1n) is 6.88. The number of anilines is 1. The third kappa shape index (κ3) is 2.37. The molecular formula is C17H15N3O2. The zero-order valence-electron chi connectivity index (χ0n) is 12.3. The molecular weight excluding hydrogens is 278 g/mol. The summed E-state index contributed by atoms with van der Waals surface area (Å²) in [5, 5.41) is 2.60. The van der Waals surface area contributed by atoms with Gasteiger partial charge in [0.15, 0.2) is 5.78 Å². The maximum Gasteiger partial charge on any atom is 0.211 e. The minimum atomic E-state index is 0.0263. The topological polar surface area (TPSA) is 64.0 Å². The lowest BCUT2D eigenvalue weighted by Gasteiger charge is -2.04. The zero-order valence-corrected chi connectivity index (χ0v) is 12.3. The minimum Gasteiger partial charge on any atom is -0.329 e. The highest BCUT2D eigenvalue weighted by Gasteiger charge is 2.11. The molecule has 0 saturated carbocycles. The summed E-state index contributed by atoms with van der Waals surface area (Å²) in [4.78, 5) is 26.5. The Morgan fingerprint density at radius 1 is 1.18 bits per heavy atom. The Hall–Kier alpha value is -2.95. The van der Waals surface area contributed by atoms with Gasteiger partial charge in [0.05, 0.1) is 11.0 Å². The Labute approximate surface area is 127 Å². The highest BCUT2D eigenvalue weighted by atomic mass is 16.1. The van der Waals surface area contributed by atoms with Crippen LogP contribution in [0.25, 0.3) is 22.4 Å². The molecule has 3 rings (SSSR count). The molecule has 1 amide bonds. The van der Waals surface area contributed by atoms with Crippen LogP contribution in [0, 0.1) is 0 Å². The summed E-state index contributed by atoms with van der Waals surface area (Å²) in [5.74, 6) is 0.840. The van der Waals surface area contributed by atoms with Crippen LogP contribution < -0.4 is 5.32 Å². The first-order chi connectivity index (χ1) is 10.6. The predicted octanol–water partition coefficient (Wildman–Crippen LogP) is 3.01. The van der Waals surface area contributed by atoms with Crippen molar-refractivity contribution < 1.29 is 9.59 Å². The van der Waals surface area contributed by atoms with E-state index in [1.54, 1.807) is 6.92 Å². The van der Waals surface area contributed by atoms with Crippen LogP contribution >= 0.6 is 0 Å². The molecule has 0 radical (unpaired) electrons. The summed E-state index contributed by atoms with van der Waals surface area (Å²) < 4.78 is 1.99. The fourth-order valence-corrected chi connectivity index (χ4v) is 2.46. The monoisotopic (exact) mass is 293 g/mol. The number of fused-ring (bicyclic) bond motifs is 1. The van der Waals surface area contributed by atoms with Crippen molar-refractivity contribution in [3.63, 3.8) is 0 Å². The normalized spacial score (nSPS) is 10.6. The predicted molar refractivity (Wildman–Crippen MR) is 85.8 cm³/mol. The molecule has 0 spiro atoms. The SMILES string of the molecule is CC(=O)c1ccc2c(c1)nc(-c1ccc(NC=O)cc1)n2C. The van der Waals surface area contributed by atoms with Crippen LogP contribution in [-0.2, 0) is 11.8 Å². The third-order valence-electron chi connectivity index (χ3n) is 3.66. The van der Waals surface area contributed by atoms with Gasteiger partial charge in [-0.2, -0.15) is 0 Å². The molecule has 0 aliphatic heterocycles. The molecule has 0 aliphatic rings. The maximum absolute atomic E-state index is 11.5. The maximum atomic E-state index is 11.5. The number of carbonyl (C=O) groups is 2. The van der Waals surface area contributed by atoms with E-state index >= 15 is 0 Å². The third-order valence-corrected chi connectivity index (χ3v) is 3.66. The highest BCUT2D eigenvalue weighted by Crippen LogP contribution is 2.25. The van der Waals surface area contributed by atoms with Crippen molar-refractivity contribution in [2.75, 3.05) is 5.32 Å². The Bertz CT molecular complexity index is 863. The largest absolute Gasteiger partial charge is 0.329 e. The number of hydrogen-bond donors (Lipinski definition) is 1. The number of rotatable bonds is 4. The molecule has 5 nitrogen and oxygen atoms in total. The number of benzene rings is 2. The first-order valence-corrected chi connectivity index (χ1v) is 6.88. The molecule has 0 atom stereocenters. The molecule has 0 bridgehead atoms. The molecule has 1 aromatic heterocycles. The van der Waals surface area contributed by atoms with E-state index in [1.807, 2.05) is 54.1 Å². The first kappa shape index (κ1) is 14.0. The molecule has 2 aromatic carbocycles. The molecule has 0 fully saturated rings. The number of amides is 1. The summed E-state index contributed by atoms with van der Waals surface area (Å²) in [6.45, 7) is 1.55. The highest BCUT2D eigenvalue weighted by molar-refractivity contribution is 5.97. The molecule has 0 unspecified atom stereocenters. The van der Waals surface area contributed by atoms with Crippen molar-refractivity contribution in [2.24, 2.45) is 7.05 Å². The lowest BCUT2D eigenvalue weighted by atomic mass is 10.1. The van der Waals surface area contributed by atoms with Gasteiger partial charge in [0, 0.05) is 23.9 Å². The van der Waals surface area contributed by atoms with E-state index < -0.39 is 0 Å². The van der Waals surface area contributed by atoms with E-state index in [9.17, 15) is 9.59 Å². The Morgan fingerprint density at radius 2 is 1.91 bits per heavy atom. The van der Waals surface area contributed by atoms with E-state index in [0.717, 1.165) is 28.1 Å². The lowest BCUT2D eigenvalue weighted by molar-refractivity contribution is -0.105. The van der Waals surface area contributed by atoms with Crippen molar-refractivity contribution >= 4 is 28.9 Å². The van der Waals surface area contributed by atoms with Gasteiger partial charge in [0.25, 0.3) is 0 Å². The Balaban J connectivity index is 2.08. The van der Waals surface area contributed by atoms with Crippen LogP contribution in [0.5, 0.6) is 0 Å². The second-order valence-electron chi connectivity index (χ2n) is 5.09. The second-order valence-corrected chi connectivity index (χ2v) is 5.09. The van der Waals surface area contributed by atoms with Gasteiger partial charge in [-0.15, -0.1) is 0 Å². The van der Waals surface area contributed by atoms with E-state index in [1.165, 1.54) is 0 Å². The van der Waals surface area contributed by atoms with Crippen molar-refractivity contribution in [1.29, 1.82) is 0 Å². The summed E-state index contributed by atoms with van der Waals surface area (Å²) in [6, 6.07) is 13.0. The summed E-state index contributed by atoms with van der Waals surface area (Å²) >= 11 is 0. The van der Waals surface area contributed by atoms with Gasteiger partial charge in [-0.25, -0.2) is 4.98 Å². The van der Waals surface area contributed by atoms with Crippen molar-refractivity contribution in [2.45, 2.75) is 6.92 Å². The van der Waals surface area contributed by atoms with Gasteiger partial charge in [0.1, 0.15) is 5.82 Å². The zero-order chi connectivity index (χ0) is 15.7. The molecule has 22 heavy (non-hydrogen) atoms. The van der Waals surface area contributed by atoms with Crippen LogP contribution in [0.1, 0.15) is 17.3 Å². The van der Waals surface area contributed by atoms with Gasteiger partial charge in [-0.05, 0) is 49.4 Å². The van der Waals surface area contributed by atoms with Crippen LogP contribution in [0.3, 0.4) is 0 Å². The summed E-state index contributed by atoms with van der Waals surface area (Å²) in [5.41, 5.74) is 4.09. The molecule has 1 heterocycles. The number of ketones is 1. The van der Waals surface area contributed by atoms with Gasteiger partial charge in [-0.3, -0.25) is 9.59 Å². The average Bonchev–Trinajstić information content (AvgIpc) is 2.85. The number of imidazole rings is 1. The van der Waals surface area contributed by atoms with E-state index in [4.69, 9.17) is 0 Å². The number of nitrogens with zero attached hydrogens (tertiary/aromatic N) is 2. The van der Waals surface area contributed by atoms with Crippen molar-refractivity contribution in [1.82, 2.24) is 9.55 Å². The van der Waals surface area contributed by atoms with Crippen molar-refractivity contribution in [3.05, 3.63) is 48.0 Å². The number of aromatic nitrogens is 2. The molecule has 0 saturated heterocycles. The van der Waals surface area contributed by atoms with Crippen LogP contribution in [0.4, 0.5) is 5.69 Å². The van der Waals surface area contributed by atoms with Gasteiger partial charge >= 0.3 is 0 Å². The van der Waals surface area contributed by atoms with Crippen LogP contribution in [0.2, 0.25) is 0 Å². The number of Topliss-reactive ketones (excluding diaryl/α,β-unsaturated/α-hetero) is 1. The smallest absolute Gasteiger partial charge is 0.211 e. The summed E-state index contributed by atoms with van der Waals surface area (Å²) in [6.07, 6.45) is 0.646. The number of carbonyl (C=O) groups excluding carboxylic acids is 2. The number of aryl methyl sites for hydroxylation is 1. The number of hydrogen-bond acceptors (Lipinski definition) is 3. The van der Waals surface area contributed by atoms with Crippen LogP contribution in [-0.4, -0.2) is 21.7 Å². The molecule has 110 valence electrons. The van der Waals surface area contributed by atoms with Crippen LogP contribution in [0.15, 0.2) is 42.5 Å². The molecule has 3 aromatic rings. The quantitative estimate of drug-likeness (QED) is 0.594. The Kier molecular flexibility index (Phi) is 3.47. The van der Waals surface area contributed by atoms with Gasteiger partial charge in [0.2, 0.25) is 6.41 Å². The van der Waals surface area contributed by atoms with Gasteiger partial charge < -0.3 is 9.88 Å². The molecule has 1 N–H and O–H groups in total. The van der Waals surface area contributed by atoms with Gasteiger partial charge in [-0.1, -0.05) is 0 Å². The average molecular weight is 293 g/mol. The second kappa shape index (κ2) is 5.44. The van der Waals surface area contributed by atoms with E-state index in [0.29, 0.717) is 12.0 Å². The van der Waals surface area contributed by atoms with E-state index in [2.05, 4.69) is 10.3 Å². The molecule has 5 heteroatoms.